The number of nitrogens with one attached hydrogen (secondary N) is 1. The van der Waals surface area contributed by atoms with Crippen LogP contribution in [0.1, 0.15) is 6.92 Å². The predicted octanol–water partition coefficient (Wildman–Crippen LogP) is 0.203. The molecule has 4 nitrogen and oxygen atoms in total. The van der Waals surface area contributed by atoms with E-state index in [0.29, 0.717) is 0 Å². The highest BCUT2D eigenvalue weighted by Gasteiger charge is 2.11. The van der Waals surface area contributed by atoms with Crippen molar-refractivity contribution in [1.82, 2.24) is 10.2 Å². The molecule has 10 heavy (non-hydrogen) atoms. The Morgan fingerprint density at radius 3 is 2.80 bits per heavy atom. The molecule has 0 unspecified atom stereocenters. The molecule has 1 aromatic rings. The Morgan fingerprint density at radius 1 is 1.70 bits per heavy atom. The van der Waals surface area contributed by atoms with Gasteiger partial charge in [0, 0.05) is 0 Å². The van der Waals surface area contributed by atoms with E-state index in [2.05, 4.69) is 10.2 Å². The van der Waals surface area contributed by atoms with Crippen LogP contribution >= 0.6 is 0 Å². The SMILES string of the molecule is CCS(=O)(=O)c1ccn[nH]1. The minimum absolute atomic E-state index is 0.106. The summed E-state index contributed by atoms with van der Waals surface area (Å²) in [5.74, 6) is 0.106. The highest BCUT2D eigenvalue weighted by molar-refractivity contribution is 7.91. The van der Waals surface area contributed by atoms with E-state index < -0.39 is 9.84 Å². The van der Waals surface area contributed by atoms with Crippen molar-refractivity contribution in [3.05, 3.63) is 12.3 Å². The van der Waals surface area contributed by atoms with Crippen molar-refractivity contribution < 1.29 is 8.42 Å². The zero-order chi connectivity index (χ0) is 7.61. The van der Waals surface area contributed by atoms with Gasteiger partial charge in [-0.15, -0.1) is 0 Å². The molecule has 1 N–H and O–H groups in total. The Balaban J connectivity index is 3.09. The highest BCUT2D eigenvalue weighted by Crippen LogP contribution is 2.03. The molecule has 1 heterocycles. The molecule has 1 rings (SSSR count). The first-order valence-electron chi connectivity index (χ1n) is 2.89. The summed E-state index contributed by atoms with van der Waals surface area (Å²) in [6.07, 6.45) is 1.42. The van der Waals surface area contributed by atoms with Crippen LogP contribution in [-0.2, 0) is 9.84 Å². The Kier molecular flexibility index (Phi) is 1.76. The van der Waals surface area contributed by atoms with Crippen molar-refractivity contribution in [1.29, 1.82) is 0 Å². The van der Waals surface area contributed by atoms with Crippen LogP contribution in [-0.4, -0.2) is 24.4 Å². The molecule has 0 amide bonds. The van der Waals surface area contributed by atoms with E-state index in [0.717, 1.165) is 0 Å². The molecule has 0 aliphatic heterocycles. The molecule has 1 aromatic heterocycles. The minimum atomic E-state index is -3.07. The maximum atomic E-state index is 11.0. The Labute approximate surface area is 59.2 Å². The summed E-state index contributed by atoms with van der Waals surface area (Å²) in [5.41, 5.74) is 0. The van der Waals surface area contributed by atoms with E-state index in [1.165, 1.54) is 12.3 Å². The van der Waals surface area contributed by atoms with Crippen LogP contribution in [0.4, 0.5) is 0 Å². The van der Waals surface area contributed by atoms with Crippen LogP contribution in [0.5, 0.6) is 0 Å². The molecule has 0 aliphatic carbocycles. The average Bonchev–Trinajstić information content (AvgIpc) is 2.38. The van der Waals surface area contributed by atoms with Gasteiger partial charge in [-0.2, -0.15) is 5.10 Å². The van der Waals surface area contributed by atoms with Gasteiger partial charge >= 0.3 is 0 Å². The van der Waals surface area contributed by atoms with Crippen molar-refractivity contribution in [3.63, 3.8) is 0 Å². The molecule has 0 bridgehead atoms. The lowest BCUT2D eigenvalue weighted by Crippen LogP contribution is -2.03. The first-order valence-corrected chi connectivity index (χ1v) is 4.54. The fraction of sp³-hybridized carbons (Fsp3) is 0.400. The van der Waals surface area contributed by atoms with Gasteiger partial charge in [0.05, 0.1) is 11.9 Å². The lowest BCUT2D eigenvalue weighted by Gasteiger charge is -1.92. The van der Waals surface area contributed by atoms with Crippen LogP contribution in [0.15, 0.2) is 17.3 Å². The number of hydrogen-bond donors (Lipinski definition) is 1. The summed E-state index contributed by atoms with van der Waals surface area (Å²) in [7, 11) is -3.07. The number of nitrogens with zero attached hydrogens (tertiary/aromatic N) is 1. The minimum Gasteiger partial charge on any atom is -0.267 e. The maximum Gasteiger partial charge on any atom is 0.194 e. The Morgan fingerprint density at radius 2 is 2.40 bits per heavy atom. The molecule has 56 valence electrons. The summed E-state index contributed by atoms with van der Waals surface area (Å²) < 4.78 is 22.0. The topological polar surface area (TPSA) is 62.8 Å². The lowest BCUT2D eigenvalue weighted by molar-refractivity contribution is 0.593. The van der Waals surface area contributed by atoms with E-state index in [-0.39, 0.29) is 10.8 Å². The maximum absolute atomic E-state index is 11.0. The van der Waals surface area contributed by atoms with Gasteiger partial charge < -0.3 is 0 Å². The van der Waals surface area contributed by atoms with Gasteiger partial charge in [0.1, 0.15) is 5.03 Å². The van der Waals surface area contributed by atoms with Gasteiger partial charge in [-0.25, -0.2) is 8.42 Å². The van der Waals surface area contributed by atoms with Crippen LogP contribution in [0.25, 0.3) is 0 Å². The van der Waals surface area contributed by atoms with Gasteiger partial charge in [0.25, 0.3) is 0 Å². The van der Waals surface area contributed by atoms with Gasteiger partial charge in [0.2, 0.25) is 0 Å². The number of aromatic amines is 1. The second-order valence-electron chi connectivity index (χ2n) is 1.82. The number of sulfone groups is 1. The molecule has 0 atom stereocenters. The lowest BCUT2D eigenvalue weighted by atomic mass is 10.8. The summed E-state index contributed by atoms with van der Waals surface area (Å²) in [5, 5.41) is 6.11. The predicted molar refractivity (Wildman–Crippen MR) is 36.3 cm³/mol. The van der Waals surface area contributed by atoms with E-state index >= 15 is 0 Å². The number of hydrogen-bond acceptors (Lipinski definition) is 3. The molecular formula is C5H8N2O2S. The van der Waals surface area contributed by atoms with Gasteiger partial charge in [-0.05, 0) is 6.07 Å². The number of aromatic nitrogens is 2. The fourth-order valence-corrected chi connectivity index (χ4v) is 1.34. The third-order valence-corrected chi connectivity index (χ3v) is 2.85. The summed E-state index contributed by atoms with van der Waals surface area (Å²) in [6.45, 7) is 1.59. The van der Waals surface area contributed by atoms with Crippen molar-refractivity contribution >= 4 is 9.84 Å². The molecule has 0 saturated carbocycles. The summed E-state index contributed by atoms with van der Waals surface area (Å²) in [4.78, 5) is 0. The van der Waals surface area contributed by atoms with Crippen molar-refractivity contribution in [2.24, 2.45) is 0 Å². The fourth-order valence-electron chi connectivity index (χ4n) is 0.572. The zero-order valence-corrected chi connectivity index (χ0v) is 6.35. The molecular weight excluding hydrogens is 152 g/mol. The normalized spacial score (nSPS) is 11.7. The first-order chi connectivity index (χ1) is 4.67. The van der Waals surface area contributed by atoms with E-state index in [4.69, 9.17) is 0 Å². The van der Waals surface area contributed by atoms with Crippen LogP contribution in [0, 0.1) is 0 Å². The summed E-state index contributed by atoms with van der Waals surface area (Å²) >= 11 is 0. The smallest absolute Gasteiger partial charge is 0.194 e. The molecule has 0 fully saturated rings. The third-order valence-electron chi connectivity index (χ3n) is 1.19. The average molecular weight is 160 g/mol. The van der Waals surface area contributed by atoms with Crippen molar-refractivity contribution in [2.75, 3.05) is 5.75 Å². The molecule has 0 spiro atoms. The van der Waals surface area contributed by atoms with E-state index in [1.54, 1.807) is 6.92 Å². The third kappa shape index (κ3) is 1.18. The second kappa shape index (κ2) is 2.42. The Bertz CT molecular complexity index is 287. The van der Waals surface area contributed by atoms with Gasteiger partial charge in [-0.1, -0.05) is 6.92 Å². The van der Waals surface area contributed by atoms with E-state index in [9.17, 15) is 8.42 Å². The molecule has 0 radical (unpaired) electrons. The highest BCUT2D eigenvalue weighted by atomic mass is 32.2. The molecule has 5 heteroatoms. The van der Waals surface area contributed by atoms with Gasteiger partial charge in [0.15, 0.2) is 9.84 Å². The molecule has 0 saturated heterocycles. The summed E-state index contributed by atoms with van der Waals surface area (Å²) in [6, 6.07) is 1.44. The largest absolute Gasteiger partial charge is 0.267 e. The number of H-pyrrole nitrogens is 1. The van der Waals surface area contributed by atoms with Crippen LogP contribution in [0.3, 0.4) is 0 Å². The molecule has 0 aromatic carbocycles. The second-order valence-corrected chi connectivity index (χ2v) is 4.07. The molecule has 0 aliphatic rings. The van der Waals surface area contributed by atoms with Crippen LogP contribution in [0.2, 0.25) is 0 Å². The number of rotatable bonds is 2. The zero-order valence-electron chi connectivity index (χ0n) is 5.53. The Hall–Kier alpha value is -0.840. The quantitative estimate of drug-likeness (QED) is 0.672. The van der Waals surface area contributed by atoms with Crippen LogP contribution < -0.4 is 0 Å². The standard InChI is InChI=1S/C5H8N2O2S/c1-2-10(8,9)5-3-4-6-7-5/h3-4H,2H2,1H3,(H,6,7). The first kappa shape index (κ1) is 7.27. The van der Waals surface area contributed by atoms with Gasteiger partial charge in [-0.3, -0.25) is 5.10 Å². The van der Waals surface area contributed by atoms with Crippen molar-refractivity contribution in [2.45, 2.75) is 11.9 Å². The van der Waals surface area contributed by atoms with E-state index in [1.807, 2.05) is 0 Å². The monoisotopic (exact) mass is 160 g/mol. The van der Waals surface area contributed by atoms with Crippen molar-refractivity contribution in [3.8, 4) is 0 Å².